The van der Waals surface area contributed by atoms with Gasteiger partial charge in [-0.15, -0.1) is 0 Å². The van der Waals surface area contributed by atoms with Crippen LogP contribution in [0.2, 0.25) is 0 Å². The summed E-state index contributed by atoms with van der Waals surface area (Å²) in [7, 11) is 0. The second-order valence-electron chi connectivity index (χ2n) is 6.07. The van der Waals surface area contributed by atoms with Crippen molar-refractivity contribution in [3.05, 3.63) is 29.6 Å². The molecular formula is C18H29FN4O. The van der Waals surface area contributed by atoms with Crippen LogP contribution >= 0.6 is 0 Å². The van der Waals surface area contributed by atoms with Crippen molar-refractivity contribution in [2.45, 2.75) is 39.8 Å². The Morgan fingerprint density at radius 2 is 2.12 bits per heavy atom. The second kappa shape index (κ2) is 8.87. The molecule has 1 unspecified atom stereocenters. The summed E-state index contributed by atoms with van der Waals surface area (Å²) in [5, 5.41) is 12.6. The molecule has 0 radical (unpaired) electrons. The Morgan fingerprint density at radius 1 is 1.38 bits per heavy atom. The van der Waals surface area contributed by atoms with Crippen LogP contribution < -0.4 is 5.32 Å². The van der Waals surface area contributed by atoms with Crippen LogP contribution in [0.25, 0.3) is 0 Å². The molecule has 1 aromatic carbocycles. The number of aliphatic imine (C=N–C) groups is 1. The van der Waals surface area contributed by atoms with E-state index in [0.29, 0.717) is 12.6 Å². The molecule has 1 heterocycles. The predicted octanol–water partition coefficient (Wildman–Crippen LogP) is 2.41. The highest BCUT2D eigenvalue weighted by atomic mass is 19.1. The second-order valence-corrected chi connectivity index (χ2v) is 6.07. The molecule has 0 bridgehead atoms. The van der Waals surface area contributed by atoms with Crippen LogP contribution in [-0.4, -0.2) is 59.6 Å². The van der Waals surface area contributed by atoms with E-state index < -0.39 is 5.82 Å². The van der Waals surface area contributed by atoms with E-state index in [9.17, 15) is 9.50 Å². The standard InChI is InChI=1S/C18H29FN4O/c1-4-20-18(21-12-14-7-8-17(24)16(19)11-14)23-10-9-15(13-23)22(5-2)6-3/h7-8,11,15,24H,4-6,9-10,12-13H2,1-3H3,(H,20,21). The van der Waals surface area contributed by atoms with Crippen LogP contribution in [0, 0.1) is 5.82 Å². The lowest BCUT2D eigenvalue weighted by Gasteiger charge is -2.27. The van der Waals surface area contributed by atoms with Crippen molar-refractivity contribution in [3.8, 4) is 5.75 Å². The molecule has 0 spiro atoms. The highest BCUT2D eigenvalue weighted by Gasteiger charge is 2.27. The predicted molar refractivity (Wildman–Crippen MR) is 95.8 cm³/mol. The Hall–Kier alpha value is -1.82. The maximum atomic E-state index is 13.4. The minimum absolute atomic E-state index is 0.323. The number of phenols is 1. The van der Waals surface area contributed by atoms with E-state index in [0.717, 1.165) is 50.7 Å². The lowest BCUT2D eigenvalue weighted by Crippen LogP contribution is -2.43. The van der Waals surface area contributed by atoms with Crippen LogP contribution in [0.1, 0.15) is 32.8 Å². The maximum absolute atomic E-state index is 13.4. The molecule has 1 saturated heterocycles. The van der Waals surface area contributed by atoms with Gasteiger partial charge in [0.05, 0.1) is 6.54 Å². The van der Waals surface area contributed by atoms with E-state index in [4.69, 9.17) is 0 Å². The molecule has 1 fully saturated rings. The van der Waals surface area contributed by atoms with Gasteiger partial charge in [-0.3, -0.25) is 4.90 Å². The van der Waals surface area contributed by atoms with E-state index in [1.165, 1.54) is 12.1 Å². The third kappa shape index (κ3) is 4.60. The number of nitrogens with one attached hydrogen (secondary N) is 1. The van der Waals surface area contributed by atoms with Gasteiger partial charge in [-0.1, -0.05) is 19.9 Å². The van der Waals surface area contributed by atoms with Gasteiger partial charge in [0.15, 0.2) is 17.5 Å². The van der Waals surface area contributed by atoms with E-state index in [-0.39, 0.29) is 5.75 Å². The van der Waals surface area contributed by atoms with Crippen molar-refractivity contribution in [2.75, 3.05) is 32.7 Å². The lowest BCUT2D eigenvalue weighted by atomic mass is 10.2. The number of rotatable bonds is 6. The number of likely N-dealkylation sites (tertiary alicyclic amines) is 1. The smallest absolute Gasteiger partial charge is 0.194 e. The van der Waals surface area contributed by atoms with Crippen molar-refractivity contribution in [2.24, 2.45) is 4.99 Å². The van der Waals surface area contributed by atoms with Crippen molar-refractivity contribution in [3.63, 3.8) is 0 Å². The van der Waals surface area contributed by atoms with E-state index in [2.05, 4.69) is 34.0 Å². The van der Waals surface area contributed by atoms with Crippen LogP contribution in [-0.2, 0) is 6.54 Å². The highest BCUT2D eigenvalue weighted by Crippen LogP contribution is 2.18. The number of aromatic hydroxyl groups is 1. The lowest BCUT2D eigenvalue weighted by molar-refractivity contribution is 0.223. The first kappa shape index (κ1) is 18.5. The zero-order valence-corrected chi connectivity index (χ0v) is 14.9. The largest absolute Gasteiger partial charge is 0.505 e. The van der Waals surface area contributed by atoms with Gasteiger partial charge in [0.2, 0.25) is 0 Å². The molecule has 1 aliphatic rings. The number of likely N-dealkylation sites (N-methyl/N-ethyl adjacent to an activating group) is 1. The Kier molecular flexibility index (Phi) is 6.85. The number of hydrogen-bond donors (Lipinski definition) is 2. The van der Waals surface area contributed by atoms with Crippen LogP contribution in [0.3, 0.4) is 0 Å². The molecule has 1 aliphatic heterocycles. The molecule has 0 aliphatic carbocycles. The normalized spacial score (nSPS) is 18.5. The van der Waals surface area contributed by atoms with Gasteiger partial charge in [-0.25, -0.2) is 9.38 Å². The fourth-order valence-corrected chi connectivity index (χ4v) is 3.21. The minimum atomic E-state index is -0.601. The molecule has 6 heteroatoms. The molecule has 2 rings (SSSR count). The summed E-state index contributed by atoms with van der Waals surface area (Å²) in [6, 6.07) is 4.98. The average molecular weight is 336 g/mol. The molecule has 1 aromatic rings. The van der Waals surface area contributed by atoms with E-state index in [1.54, 1.807) is 6.07 Å². The summed E-state index contributed by atoms with van der Waals surface area (Å²) in [6.45, 7) is 11.7. The van der Waals surface area contributed by atoms with E-state index in [1.807, 2.05) is 6.92 Å². The van der Waals surface area contributed by atoms with Gasteiger partial charge in [-0.2, -0.15) is 0 Å². The zero-order chi connectivity index (χ0) is 17.5. The summed E-state index contributed by atoms with van der Waals surface area (Å²) in [4.78, 5) is 9.41. The summed E-state index contributed by atoms with van der Waals surface area (Å²) in [5.74, 6) is -0.0487. The first-order valence-corrected chi connectivity index (χ1v) is 8.83. The fourth-order valence-electron chi connectivity index (χ4n) is 3.21. The quantitative estimate of drug-likeness (QED) is 0.619. The Balaban J connectivity index is 2.04. The molecule has 134 valence electrons. The van der Waals surface area contributed by atoms with Crippen LogP contribution in [0.15, 0.2) is 23.2 Å². The number of halogens is 1. The van der Waals surface area contributed by atoms with Gasteiger partial charge < -0.3 is 15.3 Å². The summed E-state index contributed by atoms with van der Waals surface area (Å²) in [5.41, 5.74) is 0.750. The number of guanidine groups is 1. The molecule has 5 nitrogen and oxygen atoms in total. The molecule has 0 amide bonds. The maximum Gasteiger partial charge on any atom is 0.194 e. The third-order valence-electron chi connectivity index (χ3n) is 4.55. The van der Waals surface area contributed by atoms with Crippen molar-refractivity contribution < 1.29 is 9.50 Å². The van der Waals surface area contributed by atoms with Crippen LogP contribution in [0.4, 0.5) is 4.39 Å². The molecule has 1 atom stereocenters. The monoisotopic (exact) mass is 336 g/mol. The minimum Gasteiger partial charge on any atom is -0.505 e. The van der Waals surface area contributed by atoms with Gasteiger partial charge in [0.1, 0.15) is 0 Å². The fraction of sp³-hybridized carbons (Fsp3) is 0.611. The van der Waals surface area contributed by atoms with Crippen molar-refractivity contribution in [1.82, 2.24) is 15.1 Å². The Bertz CT molecular complexity index is 560. The molecule has 0 saturated carbocycles. The van der Waals surface area contributed by atoms with Gasteiger partial charge in [-0.05, 0) is 44.1 Å². The first-order chi connectivity index (χ1) is 11.6. The molecule has 2 N–H and O–H groups in total. The summed E-state index contributed by atoms with van der Waals surface area (Å²) in [6.07, 6.45) is 1.14. The Morgan fingerprint density at radius 3 is 2.75 bits per heavy atom. The van der Waals surface area contributed by atoms with Crippen molar-refractivity contribution in [1.29, 1.82) is 0 Å². The van der Waals surface area contributed by atoms with E-state index >= 15 is 0 Å². The average Bonchev–Trinajstić information content (AvgIpc) is 3.05. The summed E-state index contributed by atoms with van der Waals surface area (Å²) >= 11 is 0. The number of benzene rings is 1. The molecular weight excluding hydrogens is 307 g/mol. The number of hydrogen-bond acceptors (Lipinski definition) is 3. The van der Waals surface area contributed by atoms with Gasteiger partial charge in [0, 0.05) is 25.7 Å². The van der Waals surface area contributed by atoms with Crippen molar-refractivity contribution >= 4 is 5.96 Å². The number of nitrogens with zero attached hydrogens (tertiary/aromatic N) is 3. The Labute approximate surface area is 144 Å². The highest BCUT2D eigenvalue weighted by molar-refractivity contribution is 5.80. The molecule has 24 heavy (non-hydrogen) atoms. The zero-order valence-electron chi connectivity index (χ0n) is 14.9. The number of phenolic OH excluding ortho intramolecular Hbond substituents is 1. The van der Waals surface area contributed by atoms with Gasteiger partial charge >= 0.3 is 0 Å². The molecule has 0 aromatic heterocycles. The van der Waals surface area contributed by atoms with Gasteiger partial charge in [0.25, 0.3) is 0 Å². The topological polar surface area (TPSA) is 51.1 Å². The SMILES string of the molecule is CCNC(=NCc1ccc(O)c(F)c1)N1CCC(N(CC)CC)C1. The first-order valence-electron chi connectivity index (χ1n) is 8.83. The summed E-state index contributed by atoms with van der Waals surface area (Å²) < 4.78 is 13.4. The third-order valence-corrected chi connectivity index (χ3v) is 4.55. The van der Waals surface area contributed by atoms with Crippen LogP contribution in [0.5, 0.6) is 5.75 Å².